The van der Waals surface area contributed by atoms with Gasteiger partial charge in [-0.2, -0.15) is 0 Å². The van der Waals surface area contributed by atoms with Gasteiger partial charge in [-0.1, -0.05) is 70.2 Å². The third kappa shape index (κ3) is 5.36. The maximum Gasteiger partial charge on any atom is 0.233 e. The van der Waals surface area contributed by atoms with Crippen LogP contribution in [0.3, 0.4) is 0 Å². The van der Waals surface area contributed by atoms with Gasteiger partial charge in [-0.05, 0) is 30.2 Å². The third-order valence-corrected chi connectivity index (χ3v) is 6.03. The molecular weight excluding hydrogens is 448 g/mol. The van der Waals surface area contributed by atoms with Crippen LogP contribution < -0.4 is 0 Å². The summed E-state index contributed by atoms with van der Waals surface area (Å²) in [4.78, 5) is 14.4. The van der Waals surface area contributed by atoms with Crippen molar-refractivity contribution in [2.24, 2.45) is 0 Å². The van der Waals surface area contributed by atoms with Gasteiger partial charge in [0.15, 0.2) is 11.0 Å². The average molecular weight is 471 g/mol. The molecule has 3 aromatic rings. The molecule has 0 fully saturated rings. The zero-order valence-corrected chi connectivity index (χ0v) is 18.9. The molecule has 0 radical (unpaired) electrons. The van der Waals surface area contributed by atoms with Crippen molar-refractivity contribution in [3.63, 3.8) is 0 Å². The Balaban J connectivity index is 1.69. The van der Waals surface area contributed by atoms with Crippen molar-refractivity contribution in [1.29, 1.82) is 0 Å². The van der Waals surface area contributed by atoms with E-state index in [0.717, 1.165) is 21.4 Å². The lowest BCUT2D eigenvalue weighted by Gasteiger charge is -2.18. The minimum atomic E-state index is 0.0524. The summed E-state index contributed by atoms with van der Waals surface area (Å²) in [7, 11) is 1.83. The number of halogens is 1. The van der Waals surface area contributed by atoms with E-state index >= 15 is 0 Å². The molecule has 0 aliphatic heterocycles. The van der Waals surface area contributed by atoms with Crippen molar-refractivity contribution in [3.8, 4) is 11.4 Å². The van der Waals surface area contributed by atoms with Crippen LogP contribution in [0.25, 0.3) is 11.4 Å². The Hall–Kier alpha value is -2.38. The monoisotopic (exact) mass is 470 g/mol. The quantitative estimate of drug-likeness (QED) is 0.345. The molecule has 5 nitrogen and oxygen atoms in total. The first-order valence-electron chi connectivity index (χ1n) is 9.21. The number of hydrogen-bond acceptors (Lipinski definition) is 4. The third-order valence-electron chi connectivity index (χ3n) is 4.55. The number of aryl methyl sites for hydroxylation is 1. The lowest BCUT2D eigenvalue weighted by atomic mass is 10.1. The van der Waals surface area contributed by atoms with E-state index in [2.05, 4.69) is 51.8 Å². The fourth-order valence-electron chi connectivity index (χ4n) is 2.87. The largest absolute Gasteiger partial charge is 0.341 e. The van der Waals surface area contributed by atoms with E-state index in [1.807, 2.05) is 54.1 Å². The number of amides is 1. The Morgan fingerprint density at radius 2 is 1.93 bits per heavy atom. The molecule has 150 valence electrons. The van der Waals surface area contributed by atoms with Gasteiger partial charge in [-0.15, -0.1) is 16.8 Å². The number of aromatic nitrogens is 3. The second-order valence-electron chi connectivity index (χ2n) is 6.68. The first-order chi connectivity index (χ1) is 14.0. The fraction of sp³-hybridized carbons (Fsp3) is 0.227. The van der Waals surface area contributed by atoms with Crippen molar-refractivity contribution < 1.29 is 4.79 Å². The van der Waals surface area contributed by atoms with Crippen molar-refractivity contribution in [2.45, 2.75) is 25.2 Å². The molecule has 0 saturated heterocycles. The molecule has 0 unspecified atom stereocenters. The van der Waals surface area contributed by atoms with Crippen molar-refractivity contribution in [2.75, 3.05) is 12.8 Å². The summed E-state index contributed by atoms with van der Waals surface area (Å²) in [5.74, 6) is 1.12. The van der Waals surface area contributed by atoms with Gasteiger partial charge in [0.25, 0.3) is 0 Å². The average Bonchev–Trinajstić information content (AvgIpc) is 3.11. The summed E-state index contributed by atoms with van der Waals surface area (Å²) in [5.41, 5.74) is 3.31. The molecule has 3 rings (SSSR count). The molecule has 0 bridgehead atoms. The predicted octanol–water partition coefficient (Wildman–Crippen LogP) is 4.95. The summed E-state index contributed by atoms with van der Waals surface area (Å²) in [6.07, 6.45) is 1.81. The number of benzene rings is 2. The molecule has 0 aliphatic carbocycles. The van der Waals surface area contributed by atoms with Crippen LogP contribution in [0.5, 0.6) is 0 Å². The Kier molecular flexibility index (Phi) is 7.28. The molecule has 0 N–H and O–H groups in total. The molecule has 1 heterocycles. The first-order valence-corrected chi connectivity index (χ1v) is 11.0. The normalized spacial score (nSPS) is 10.7. The molecule has 0 spiro atoms. The van der Waals surface area contributed by atoms with Gasteiger partial charge in [0, 0.05) is 30.2 Å². The number of rotatable bonds is 8. The predicted molar refractivity (Wildman–Crippen MR) is 122 cm³/mol. The van der Waals surface area contributed by atoms with Crippen LogP contribution in [-0.2, 0) is 17.9 Å². The first kappa shape index (κ1) is 21.3. The highest BCUT2D eigenvalue weighted by Gasteiger charge is 2.17. The molecule has 7 heteroatoms. The van der Waals surface area contributed by atoms with E-state index in [-0.39, 0.29) is 5.91 Å². The lowest BCUT2D eigenvalue weighted by Crippen LogP contribution is -2.28. The Bertz CT molecular complexity index is 1000. The van der Waals surface area contributed by atoms with E-state index in [0.29, 0.717) is 24.0 Å². The molecule has 29 heavy (non-hydrogen) atoms. The van der Waals surface area contributed by atoms with E-state index in [4.69, 9.17) is 0 Å². The Morgan fingerprint density at radius 3 is 2.62 bits per heavy atom. The van der Waals surface area contributed by atoms with Gasteiger partial charge in [-0.25, -0.2) is 0 Å². The van der Waals surface area contributed by atoms with Crippen LogP contribution in [0.4, 0.5) is 0 Å². The van der Waals surface area contributed by atoms with Gasteiger partial charge in [0.05, 0.1) is 5.75 Å². The number of nitrogens with zero attached hydrogens (tertiary/aromatic N) is 4. The van der Waals surface area contributed by atoms with Gasteiger partial charge in [-0.3, -0.25) is 9.36 Å². The number of carbonyl (C=O) groups is 1. The van der Waals surface area contributed by atoms with E-state index in [9.17, 15) is 4.79 Å². The van der Waals surface area contributed by atoms with Gasteiger partial charge in [0.1, 0.15) is 0 Å². The lowest BCUT2D eigenvalue weighted by molar-refractivity contribution is -0.127. The number of thioether (sulfide) groups is 1. The molecule has 2 aromatic carbocycles. The zero-order chi connectivity index (χ0) is 20.8. The smallest absolute Gasteiger partial charge is 0.233 e. The molecule has 0 atom stereocenters. The summed E-state index contributed by atoms with van der Waals surface area (Å²) in [6, 6.07) is 16.0. The second kappa shape index (κ2) is 9.89. The van der Waals surface area contributed by atoms with E-state index in [1.54, 1.807) is 4.90 Å². The van der Waals surface area contributed by atoms with Crippen molar-refractivity contribution in [3.05, 3.63) is 76.8 Å². The number of carbonyl (C=O) groups excluding carboxylic acids is 1. The summed E-state index contributed by atoms with van der Waals surface area (Å²) in [6.45, 7) is 7.07. The van der Waals surface area contributed by atoms with Crippen LogP contribution in [0.2, 0.25) is 0 Å². The molecule has 0 saturated carbocycles. The van der Waals surface area contributed by atoms with Gasteiger partial charge < -0.3 is 4.90 Å². The van der Waals surface area contributed by atoms with Crippen LogP contribution in [0.1, 0.15) is 11.1 Å². The van der Waals surface area contributed by atoms with E-state index < -0.39 is 0 Å². The highest BCUT2D eigenvalue weighted by Crippen LogP contribution is 2.25. The van der Waals surface area contributed by atoms with Crippen molar-refractivity contribution in [1.82, 2.24) is 19.7 Å². The van der Waals surface area contributed by atoms with Crippen LogP contribution in [0, 0.1) is 6.92 Å². The topological polar surface area (TPSA) is 51.0 Å². The minimum Gasteiger partial charge on any atom is -0.341 e. The Morgan fingerprint density at radius 1 is 1.21 bits per heavy atom. The van der Waals surface area contributed by atoms with Crippen LogP contribution in [0.15, 0.2) is 70.8 Å². The number of allylic oxidation sites excluding steroid dienone is 1. The maximum absolute atomic E-state index is 12.6. The van der Waals surface area contributed by atoms with Crippen molar-refractivity contribution >= 4 is 33.6 Å². The SMILES string of the molecule is C=CCn1c(SCC(=O)N(C)Cc2ccccc2C)nnc1-c1ccc(Br)cc1. The number of hydrogen-bond donors (Lipinski definition) is 0. The maximum atomic E-state index is 12.6. The summed E-state index contributed by atoms with van der Waals surface area (Å²) < 4.78 is 2.99. The molecule has 1 aromatic heterocycles. The Labute approximate surface area is 184 Å². The highest BCUT2D eigenvalue weighted by atomic mass is 79.9. The molecule has 1 amide bonds. The second-order valence-corrected chi connectivity index (χ2v) is 8.54. The zero-order valence-electron chi connectivity index (χ0n) is 16.5. The molecule has 0 aliphatic rings. The van der Waals surface area contributed by atoms with Crippen LogP contribution in [-0.4, -0.2) is 38.4 Å². The standard InChI is InChI=1S/C22H23BrN4OS/c1-4-13-27-21(17-9-11-19(23)12-10-17)24-25-22(27)29-15-20(28)26(3)14-18-8-6-5-7-16(18)2/h4-12H,1,13-15H2,2-3H3. The van der Waals surface area contributed by atoms with Gasteiger partial charge in [0.2, 0.25) is 5.91 Å². The van der Waals surface area contributed by atoms with Crippen LogP contribution >= 0.6 is 27.7 Å². The molecular formula is C22H23BrN4OS. The van der Waals surface area contributed by atoms with Gasteiger partial charge >= 0.3 is 0 Å². The fourth-order valence-corrected chi connectivity index (χ4v) is 4.02. The summed E-state index contributed by atoms with van der Waals surface area (Å²) in [5, 5.41) is 9.36. The highest BCUT2D eigenvalue weighted by molar-refractivity contribution is 9.10. The van der Waals surface area contributed by atoms with E-state index in [1.165, 1.54) is 17.3 Å². The summed E-state index contributed by atoms with van der Waals surface area (Å²) >= 11 is 4.85. The minimum absolute atomic E-state index is 0.0524.